The summed E-state index contributed by atoms with van der Waals surface area (Å²) in [5.41, 5.74) is 4.79. The minimum Gasteiger partial charge on any atom is -0.342 e. The Morgan fingerprint density at radius 1 is 0.424 bits per heavy atom. The maximum absolute atomic E-state index is 13.5. The highest BCUT2D eigenvalue weighted by Crippen LogP contribution is 2.62. The van der Waals surface area contributed by atoms with Crippen molar-refractivity contribution in [3.63, 3.8) is 0 Å². The molecule has 340 valence electrons. The Bertz CT molecular complexity index is 2730. The largest absolute Gasteiger partial charge is 0.342 e. The van der Waals surface area contributed by atoms with Gasteiger partial charge in [0.2, 0.25) is 20.0 Å². The molecule has 0 aliphatic carbocycles. The van der Waals surface area contributed by atoms with Gasteiger partial charge in [0, 0.05) is 62.0 Å². The summed E-state index contributed by atoms with van der Waals surface area (Å²) in [6.45, 7) is 6.52. The number of hydrogen-bond donors (Lipinski definition) is 0. The maximum Gasteiger partial charge on any atom is 0.243 e. The zero-order valence-corrected chi connectivity index (χ0v) is 38.7. The second-order valence-corrected chi connectivity index (χ2v) is 22.8. The first-order valence-corrected chi connectivity index (χ1v) is 25.8. The van der Waals surface area contributed by atoms with Crippen LogP contribution >= 0.6 is 0 Å². The third-order valence-corrected chi connectivity index (χ3v) is 18.8. The average Bonchev–Trinajstić information content (AvgIpc) is 4.15. The first-order chi connectivity index (χ1) is 31.9. The molecule has 12 heteroatoms. The molecule has 6 aliphatic heterocycles. The number of ether oxygens (including phenoxy) is 4. The third-order valence-electron chi connectivity index (χ3n) is 15.1. The van der Waals surface area contributed by atoms with Crippen molar-refractivity contribution in [2.75, 3.05) is 39.4 Å². The molecule has 10 nitrogen and oxygen atoms in total. The van der Waals surface area contributed by atoms with Crippen LogP contribution in [0.2, 0.25) is 0 Å². The van der Waals surface area contributed by atoms with Crippen molar-refractivity contribution in [3.05, 3.63) is 203 Å². The van der Waals surface area contributed by atoms with Gasteiger partial charge in [-0.3, -0.25) is 0 Å². The summed E-state index contributed by atoms with van der Waals surface area (Å²) < 4.78 is 84.2. The molecule has 4 bridgehead atoms. The summed E-state index contributed by atoms with van der Waals surface area (Å²) >= 11 is 0. The summed E-state index contributed by atoms with van der Waals surface area (Å²) in [6, 6.07) is 54.6. The first kappa shape index (κ1) is 43.5. The van der Waals surface area contributed by atoms with Crippen LogP contribution in [0, 0.1) is 37.5 Å². The van der Waals surface area contributed by atoms with Gasteiger partial charge < -0.3 is 18.9 Å². The molecule has 0 N–H and O–H groups in total. The fraction of sp³-hybridized carbons (Fsp3) is 0.333. The highest BCUT2D eigenvalue weighted by molar-refractivity contribution is 7.89. The number of aryl methyl sites for hydroxylation is 2. The summed E-state index contributed by atoms with van der Waals surface area (Å²) in [6.07, 6.45) is 1.27. The average molecular weight is 923 g/mol. The molecule has 6 heterocycles. The number of sulfonamides is 2. The molecule has 66 heavy (non-hydrogen) atoms. The molecule has 0 amide bonds. The highest BCUT2D eigenvalue weighted by atomic mass is 32.2. The van der Waals surface area contributed by atoms with Gasteiger partial charge in [0.1, 0.15) is 11.2 Å². The molecular formula is C54H54N2O8S2. The molecule has 0 unspecified atom stereocenters. The van der Waals surface area contributed by atoms with E-state index in [1.54, 1.807) is 32.9 Å². The van der Waals surface area contributed by atoms with E-state index >= 15 is 0 Å². The number of hydrogen-bond acceptors (Lipinski definition) is 8. The van der Waals surface area contributed by atoms with E-state index < -0.39 is 42.8 Å². The molecule has 6 aliphatic rings. The van der Waals surface area contributed by atoms with Gasteiger partial charge in [0.25, 0.3) is 0 Å². The Labute approximate surface area is 388 Å². The predicted octanol–water partition coefficient (Wildman–Crippen LogP) is 8.86. The Morgan fingerprint density at radius 2 is 0.742 bits per heavy atom. The SMILES string of the molecule is Cc1ccc(S(=O)(=O)N2C[C@@H]3C[C@@]4(c5ccccc5)OC[C@](c5ccccc5)(O4)[C@H]3C2)cc1.Cc1ccc(S(=O)(=O)N2C[C@H]3C[C@]4(c5ccccc5)OC[C@@](c5ccccc5)(O4)[C@@H]3C2)cc1. The van der Waals surface area contributed by atoms with E-state index in [1.807, 2.05) is 135 Å². The van der Waals surface area contributed by atoms with E-state index in [1.165, 1.54) is 0 Å². The summed E-state index contributed by atoms with van der Waals surface area (Å²) in [7, 11) is -7.17. The fourth-order valence-electron chi connectivity index (χ4n) is 11.7. The van der Waals surface area contributed by atoms with E-state index in [-0.39, 0.29) is 23.7 Å². The Balaban J connectivity index is 0.000000146. The van der Waals surface area contributed by atoms with Gasteiger partial charge in [0.15, 0.2) is 11.6 Å². The lowest BCUT2D eigenvalue weighted by Gasteiger charge is -2.45. The molecular weight excluding hydrogens is 869 g/mol. The van der Waals surface area contributed by atoms with E-state index in [9.17, 15) is 16.8 Å². The lowest BCUT2D eigenvalue weighted by molar-refractivity contribution is -0.249. The van der Waals surface area contributed by atoms with Gasteiger partial charge in [-0.05, 0) is 61.1 Å². The van der Waals surface area contributed by atoms with Crippen molar-refractivity contribution in [2.24, 2.45) is 23.7 Å². The highest BCUT2D eigenvalue weighted by Gasteiger charge is 2.67. The molecule has 6 saturated heterocycles. The van der Waals surface area contributed by atoms with Crippen LogP contribution in [0.3, 0.4) is 0 Å². The smallest absolute Gasteiger partial charge is 0.243 e. The number of nitrogens with zero attached hydrogens (tertiary/aromatic N) is 2. The Kier molecular flexibility index (Phi) is 10.8. The monoisotopic (exact) mass is 922 g/mol. The minimum atomic E-state index is -3.59. The Hall–Kier alpha value is -5.02. The van der Waals surface area contributed by atoms with Crippen LogP contribution in [0.1, 0.15) is 46.2 Å². The van der Waals surface area contributed by atoms with Crippen molar-refractivity contribution in [1.82, 2.24) is 8.61 Å². The zero-order valence-electron chi connectivity index (χ0n) is 37.1. The molecule has 6 aromatic carbocycles. The summed E-state index contributed by atoms with van der Waals surface area (Å²) in [5.74, 6) is -1.44. The van der Waals surface area contributed by atoms with Crippen LogP contribution in [0.4, 0.5) is 0 Å². The van der Waals surface area contributed by atoms with Crippen LogP contribution in [-0.2, 0) is 61.8 Å². The van der Waals surface area contributed by atoms with Crippen molar-refractivity contribution >= 4 is 20.0 Å². The standard InChI is InChI=1S/2C27H27NO4S/c2*1-20-12-14-24(15-13-20)33(29,30)28-17-21-16-27(23-10-6-3-7-11-23)31-19-26(32-27,25(21)18-28)22-8-4-2-5-9-22/h2*2-15,21,25H,16-19H2,1H3/t2*21-,25-,26+,27+/m10/s1. The number of fused-ring (bicyclic) bond motifs is 8. The molecule has 0 aromatic heterocycles. The first-order valence-electron chi connectivity index (χ1n) is 22.9. The van der Waals surface area contributed by atoms with Crippen molar-refractivity contribution in [2.45, 2.75) is 59.3 Å². The lowest BCUT2D eigenvalue weighted by Crippen LogP contribution is -2.48. The maximum atomic E-state index is 13.5. The van der Waals surface area contributed by atoms with Gasteiger partial charge in [-0.15, -0.1) is 0 Å². The number of benzene rings is 6. The van der Waals surface area contributed by atoms with Gasteiger partial charge in [-0.2, -0.15) is 8.61 Å². The van der Waals surface area contributed by atoms with E-state index in [0.29, 0.717) is 62.0 Å². The van der Waals surface area contributed by atoms with E-state index in [4.69, 9.17) is 18.9 Å². The topological polar surface area (TPSA) is 112 Å². The second kappa shape index (κ2) is 16.3. The molecule has 6 aromatic rings. The second-order valence-electron chi connectivity index (χ2n) is 18.9. The lowest BCUT2D eigenvalue weighted by atomic mass is 9.72. The fourth-order valence-corrected chi connectivity index (χ4v) is 14.8. The molecule has 6 fully saturated rings. The molecule has 0 saturated carbocycles. The number of rotatable bonds is 8. The van der Waals surface area contributed by atoms with E-state index in [0.717, 1.165) is 33.4 Å². The van der Waals surface area contributed by atoms with E-state index in [2.05, 4.69) is 24.3 Å². The molecule has 12 rings (SSSR count). The summed E-state index contributed by atoms with van der Waals surface area (Å²) in [5, 5.41) is 0. The van der Waals surface area contributed by atoms with Crippen LogP contribution in [-0.4, -0.2) is 64.8 Å². The quantitative estimate of drug-likeness (QED) is 0.149. The molecule has 0 radical (unpaired) electrons. The van der Waals surface area contributed by atoms with Gasteiger partial charge in [0.05, 0.1) is 23.0 Å². The van der Waals surface area contributed by atoms with Crippen LogP contribution in [0.5, 0.6) is 0 Å². The van der Waals surface area contributed by atoms with Crippen molar-refractivity contribution in [1.29, 1.82) is 0 Å². The zero-order chi connectivity index (χ0) is 45.4. The van der Waals surface area contributed by atoms with Crippen molar-refractivity contribution in [3.8, 4) is 0 Å². The normalized spacial score (nSPS) is 31.4. The molecule has 8 atom stereocenters. The molecule has 0 spiro atoms. The summed E-state index contributed by atoms with van der Waals surface area (Å²) in [4.78, 5) is 0.696. The third kappa shape index (κ3) is 7.11. The minimum absolute atomic E-state index is 0.0134. The van der Waals surface area contributed by atoms with Gasteiger partial charge in [-0.1, -0.05) is 157 Å². The van der Waals surface area contributed by atoms with Crippen molar-refractivity contribution < 1.29 is 35.8 Å². The van der Waals surface area contributed by atoms with Crippen LogP contribution in [0.15, 0.2) is 180 Å². The van der Waals surface area contributed by atoms with Crippen LogP contribution < -0.4 is 0 Å². The predicted molar refractivity (Wildman–Crippen MR) is 250 cm³/mol. The van der Waals surface area contributed by atoms with Gasteiger partial charge >= 0.3 is 0 Å². The Morgan fingerprint density at radius 3 is 1.08 bits per heavy atom. The van der Waals surface area contributed by atoms with Crippen LogP contribution in [0.25, 0.3) is 0 Å². The van der Waals surface area contributed by atoms with Gasteiger partial charge in [-0.25, -0.2) is 16.8 Å².